The fourth-order valence-electron chi connectivity index (χ4n) is 4.66. The quantitative estimate of drug-likeness (QED) is 0.468. The Morgan fingerprint density at radius 2 is 2.03 bits per heavy atom. The molecule has 0 radical (unpaired) electrons. The van der Waals surface area contributed by atoms with Crippen molar-refractivity contribution in [3.63, 3.8) is 0 Å². The molecule has 5 nitrogen and oxygen atoms in total. The van der Waals surface area contributed by atoms with Crippen LogP contribution in [0.4, 0.5) is 0 Å². The van der Waals surface area contributed by atoms with Gasteiger partial charge in [-0.1, -0.05) is 67.1 Å². The summed E-state index contributed by atoms with van der Waals surface area (Å²) in [5.74, 6) is 6.70. The van der Waals surface area contributed by atoms with Crippen LogP contribution < -0.4 is 11.6 Å². The van der Waals surface area contributed by atoms with Crippen molar-refractivity contribution in [3.8, 4) is 0 Å². The van der Waals surface area contributed by atoms with Crippen molar-refractivity contribution in [1.29, 1.82) is 0 Å². The summed E-state index contributed by atoms with van der Waals surface area (Å²) in [5, 5.41) is 3.19. The fraction of sp³-hybridized carbons (Fsp3) is 0.500. The number of fused-ring (bicyclic) bond motifs is 1. The number of nitrogens with zero attached hydrogens (tertiary/aromatic N) is 3. The average Bonchev–Trinajstić information content (AvgIpc) is 3.19. The molecule has 6 heteroatoms. The topological polar surface area (TPSA) is 70.9 Å². The number of piperidine rings is 1. The Bertz CT molecular complexity index is 942. The zero-order valence-electron chi connectivity index (χ0n) is 19.6. The first-order chi connectivity index (χ1) is 15.4. The molecule has 172 valence electrons. The Hall–Kier alpha value is -2.02. The molecular formula is C26H37N5S. The van der Waals surface area contributed by atoms with E-state index in [4.69, 9.17) is 16.6 Å². The molecule has 2 aliphatic heterocycles. The number of rotatable bonds is 7. The van der Waals surface area contributed by atoms with Crippen LogP contribution in [0.25, 0.3) is 0 Å². The third-order valence-corrected chi connectivity index (χ3v) is 7.97. The van der Waals surface area contributed by atoms with Crippen LogP contribution in [0.5, 0.6) is 0 Å². The Kier molecular flexibility index (Phi) is 7.44. The summed E-state index contributed by atoms with van der Waals surface area (Å²) < 4.78 is 0. The molecule has 3 atom stereocenters. The normalized spacial score (nSPS) is 24.7. The SMILES string of the molecule is CCC1=CC2SC(C(c3ccc(C)c(C)c3)N(N)/C=C(\N)CN3CCCCC3)=NC2C=C1. The lowest BCUT2D eigenvalue weighted by molar-refractivity contribution is 0.243. The van der Waals surface area contributed by atoms with Crippen LogP contribution in [-0.2, 0) is 0 Å². The van der Waals surface area contributed by atoms with Gasteiger partial charge in [0.25, 0.3) is 0 Å². The Morgan fingerprint density at radius 3 is 2.75 bits per heavy atom. The fourth-order valence-corrected chi connectivity index (χ4v) is 6.05. The molecular weight excluding hydrogens is 414 g/mol. The molecule has 1 aromatic rings. The number of aryl methyl sites for hydroxylation is 2. The lowest BCUT2D eigenvalue weighted by Crippen LogP contribution is -2.37. The van der Waals surface area contributed by atoms with E-state index in [1.165, 1.54) is 36.0 Å². The average molecular weight is 452 g/mol. The van der Waals surface area contributed by atoms with Crippen molar-refractivity contribution in [1.82, 2.24) is 9.91 Å². The van der Waals surface area contributed by atoms with E-state index in [0.717, 1.165) is 42.4 Å². The molecule has 3 unspecified atom stereocenters. The third kappa shape index (κ3) is 5.30. The van der Waals surface area contributed by atoms with Crippen molar-refractivity contribution in [2.45, 2.75) is 63.8 Å². The minimum Gasteiger partial charge on any atom is -0.400 e. The number of benzene rings is 1. The first-order valence-corrected chi connectivity index (χ1v) is 12.7. The van der Waals surface area contributed by atoms with Gasteiger partial charge in [0.15, 0.2) is 0 Å². The van der Waals surface area contributed by atoms with Gasteiger partial charge >= 0.3 is 0 Å². The van der Waals surface area contributed by atoms with Crippen LogP contribution in [0.3, 0.4) is 0 Å². The van der Waals surface area contributed by atoms with E-state index < -0.39 is 0 Å². The van der Waals surface area contributed by atoms with Gasteiger partial charge in [-0.05, 0) is 62.9 Å². The molecule has 3 aliphatic rings. The first kappa shape index (κ1) is 23.1. The predicted molar refractivity (Wildman–Crippen MR) is 137 cm³/mol. The Morgan fingerprint density at radius 1 is 1.25 bits per heavy atom. The number of hydrazine groups is 1. The van der Waals surface area contributed by atoms with E-state index in [0.29, 0.717) is 5.25 Å². The van der Waals surface area contributed by atoms with Crippen LogP contribution >= 0.6 is 11.8 Å². The van der Waals surface area contributed by atoms with E-state index in [9.17, 15) is 0 Å². The zero-order chi connectivity index (χ0) is 22.7. The van der Waals surface area contributed by atoms with Crippen molar-refractivity contribution < 1.29 is 0 Å². The highest BCUT2D eigenvalue weighted by Crippen LogP contribution is 2.39. The highest BCUT2D eigenvalue weighted by molar-refractivity contribution is 8.15. The van der Waals surface area contributed by atoms with Gasteiger partial charge in [0.1, 0.15) is 6.04 Å². The smallest absolute Gasteiger partial charge is 0.117 e. The molecule has 1 fully saturated rings. The molecule has 1 aromatic carbocycles. The van der Waals surface area contributed by atoms with Crippen LogP contribution in [0.15, 0.2) is 58.9 Å². The maximum atomic E-state index is 6.70. The van der Waals surface area contributed by atoms with Gasteiger partial charge < -0.3 is 10.7 Å². The summed E-state index contributed by atoms with van der Waals surface area (Å²) in [6, 6.07) is 6.63. The molecule has 0 aromatic heterocycles. The van der Waals surface area contributed by atoms with Gasteiger partial charge in [0.05, 0.1) is 16.3 Å². The Balaban J connectivity index is 1.59. The molecule has 1 aliphatic carbocycles. The molecule has 4 rings (SSSR count). The predicted octanol–water partition coefficient (Wildman–Crippen LogP) is 4.59. The highest BCUT2D eigenvalue weighted by atomic mass is 32.2. The minimum atomic E-state index is -0.142. The minimum absolute atomic E-state index is 0.142. The lowest BCUT2D eigenvalue weighted by atomic mass is 10.00. The van der Waals surface area contributed by atoms with E-state index in [-0.39, 0.29) is 12.1 Å². The van der Waals surface area contributed by atoms with Gasteiger partial charge in [-0.3, -0.25) is 9.89 Å². The van der Waals surface area contributed by atoms with Crippen LogP contribution in [0.1, 0.15) is 55.3 Å². The zero-order valence-corrected chi connectivity index (χ0v) is 20.4. The second kappa shape index (κ2) is 10.3. The number of hydrogen-bond donors (Lipinski definition) is 2. The van der Waals surface area contributed by atoms with E-state index in [1.54, 1.807) is 5.01 Å². The van der Waals surface area contributed by atoms with Crippen molar-refractivity contribution in [3.05, 3.63) is 70.6 Å². The molecule has 0 bridgehead atoms. The number of allylic oxidation sites excluding steroid dienone is 2. The number of likely N-dealkylation sites (tertiary alicyclic amines) is 1. The van der Waals surface area contributed by atoms with Gasteiger partial charge in [-0.15, -0.1) is 0 Å². The molecule has 0 amide bonds. The summed E-state index contributed by atoms with van der Waals surface area (Å²) in [6.07, 6.45) is 13.6. The number of hydrogen-bond acceptors (Lipinski definition) is 6. The first-order valence-electron chi connectivity index (χ1n) is 11.9. The van der Waals surface area contributed by atoms with Gasteiger partial charge in [0.2, 0.25) is 0 Å². The highest BCUT2D eigenvalue weighted by Gasteiger charge is 2.35. The number of nitrogens with two attached hydrogens (primary N) is 2. The molecule has 32 heavy (non-hydrogen) atoms. The summed E-state index contributed by atoms with van der Waals surface area (Å²) in [6.45, 7) is 9.49. The van der Waals surface area contributed by atoms with Crippen molar-refractivity contribution in [2.24, 2.45) is 16.6 Å². The van der Waals surface area contributed by atoms with E-state index >= 15 is 0 Å². The summed E-state index contributed by atoms with van der Waals surface area (Å²) in [4.78, 5) is 7.52. The van der Waals surface area contributed by atoms with Crippen LogP contribution in [-0.4, -0.2) is 45.9 Å². The molecule has 1 saturated heterocycles. The third-order valence-electron chi connectivity index (χ3n) is 6.71. The monoisotopic (exact) mass is 451 g/mol. The number of aliphatic imine (C=N–C) groups is 1. The summed E-state index contributed by atoms with van der Waals surface area (Å²) in [7, 11) is 0. The molecule has 0 saturated carbocycles. The number of thioether (sulfide) groups is 1. The van der Waals surface area contributed by atoms with Crippen LogP contribution in [0, 0.1) is 13.8 Å². The standard InChI is InChI=1S/C26H37N5S/c1-4-20-9-11-23-24(15-20)32-26(29-23)25(21-10-8-18(2)19(3)14-21)31(28)17-22(27)16-30-12-6-5-7-13-30/h8-11,14-15,17,23-25H,4-7,12-13,16,27-28H2,1-3H3/b22-17-. The molecule has 0 spiro atoms. The second-order valence-electron chi connectivity index (χ2n) is 9.23. The molecule has 2 heterocycles. The molecule has 4 N–H and O–H groups in total. The maximum Gasteiger partial charge on any atom is 0.117 e. The van der Waals surface area contributed by atoms with Crippen LogP contribution in [0.2, 0.25) is 0 Å². The lowest BCUT2D eigenvalue weighted by Gasteiger charge is -2.30. The summed E-state index contributed by atoms with van der Waals surface area (Å²) in [5.41, 5.74) is 12.3. The van der Waals surface area contributed by atoms with E-state index in [1.807, 2.05) is 18.0 Å². The van der Waals surface area contributed by atoms with Gasteiger partial charge in [-0.2, -0.15) is 0 Å². The van der Waals surface area contributed by atoms with Gasteiger partial charge in [0, 0.05) is 18.4 Å². The largest absolute Gasteiger partial charge is 0.400 e. The Labute approximate surface area is 197 Å². The van der Waals surface area contributed by atoms with Crippen molar-refractivity contribution >= 4 is 16.8 Å². The van der Waals surface area contributed by atoms with Gasteiger partial charge in [-0.25, -0.2) is 5.84 Å². The second-order valence-corrected chi connectivity index (χ2v) is 10.4. The summed E-state index contributed by atoms with van der Waals surface area (Å²) >= 11 is 1.84. The van der Waals surface area contributed by atoms with E-state index in [2.05, 4.69) is 62.1 Å². The maximum absolute atomic E-state index is 6.70. The van der Waals surface area contributed by atoms with Crippen molar-refractivity contribution in [2.75, 3.05) is 19.6 Å².